The summed E-state index contributed by atoms with van der Waals surface area (Å²) in [6, 6.07) is 0. The molecule has 0 bridgehead atoms. The van der Waals surface area contributed by atoms with Crippen molar-refractivity contribution in [3.05, 3.63) is 94.2 Å². The smallest absolute Gasteiger partial charge is 0.0577 e. The van der Waals surface area contributed by atoms with Gasteiger partial charge in [0.15, 0.2) is 0 Å². The second-order valence-corrected chi connectivity index (χ2v) is 47.9. The number of aliphatic hydroxyl groups excluding tert-OH is 2. The number of rotatable bonds is 18. The fraction of sp³-hybridized carbons (Fsp3) is 0.855. The van der Waals surface area contributed by atoms with Crippen molar-refractivity contribution in [3.8, 4) is 0 Å². The molecule has 0 radical (unpaired) electrons. The lowest BCUT2D eigenvalue weighted by molar-refractivity contribution is -0.0573. The maximum absolute atomic E-state index is 10.2. The summed E-state index contributed by atoms with van der Waals surface area (Å²) in [7, 11) is 0. The highest BCUT2D eigenvalue weighted by molar-refractivity contribution is 5.31. The average molecular weight is 1530 g/mol. The van der Waals surface area contributed by atoms with Gasteiger partial charge in [-0.25, -0.2) is 0 Å². The van der Waals surface area contributed by atoms with Gasteiger partial charge in [0.2, 0.25) is 0 Å². The maximum Gasteiger partial charge on any atom is 0.0577 e. The maximum atomic E-state index is 10.2. The quantitative estimate of drug-likeness (QED) is 0.134. The Balaban J connectivity index is 0.000000131. The number of aliphatic hydroxyl groups is 2. The SMILES string of the molecule is C=C(CCC=C(C)C)C1CCC2C3CC=C4C[C@@H](C)CC[C@]4(C)C3CC[C@]12C.C=C(CCC=C(C)C)C1CCC2C3CC=C4C[C@@H](O)CC[C@]4(C)C3CC[C@]12C.CC(C)CCC[C@@H](C)C1CCC2C3CC=C4C[C@@H](C)CC[C@]4(C)C3CC[C@@]21C.CC(C)CCC[C@@H](C)C1CCC2C3CC=C4C[C@@H](O)CC[C@]4(C)C3CC[C@@]21C. The third-order valence-corrected chi connectivity index (χ3v) is 40.3. The van der Waals surface area contributed by atoms with Crippen LogP contribution in [0.5, 0.6) is 0 Å². The molecule has 0 spiro atoms. The standard InChI is InChI=1S/C28H48.C28H44.C27H46O.C27H42O/c2*1-19(2)8-7-9-21(4)24-12-13-25-23-11-10-22-18-20(3)14-16-27(22,5)26(23)15-17-28(24,25)6;2*1-18(2)7-6-8-19(3)23-11-12-24-22-10-9-20-17-21(28)13-15-26(20,4)25(22)14-16-27(23,24)5/h10,19-21,23-26H,7-9,11-18H2,1-6H3;8,10,20,23-26H,4,7,9,11-18H2,1-3,5-6H3;9,18-19,21-25,28H,6-8,10-17H2,1-5H3;7,9,21-25,28H,3,6,8,10-17H2,1-2,4-5H3/t20-,21+,23?,24?,25?,26?,27-,28+;20-,23?,24?,25?,26?,27-,28+;19-,21+,22?,23?,24?,25?,26+,27-;21-,22?,23?,24?,25?,26-,27+/m0010/s1. The van der Waals surface area contributed by atoms with E-state index in [1.807, 2.05) is 11.1 Å². The van der Waals surface area contributed by atoms with Crippen molar-refractivity contribution in [1.82, 2.24) is 0 Å². The van der Waals surface area contributed by atoms with Crippen LogP contribution in [0.25, 0.3) is 0 Å². The van der Waals surface area contributed by atoms with E-state index in [1.165, 1.54) is 254 Å². The summed E-state index contributed by atoms with van der Waals surface area (Å²) in [5, 5.41) is 20.4. The summed E-state index contributed by atoms with van der Waals surface area (Å²) in [4.78, 5) is 0. The summed E-state index contributed by atoms with van der Waals surface area (Å²) in [5.41, 5.74) is 16.9. The van der Waals surface area contributed by atoms with Crippen molar-refractivity contribution in [1.29, 1.82) is 0 Å². The van der Waals surface area contributed by atoms with Gasteiger partial charge in [-0.15, -0.1) is 0 Å². The lowest BCUT2D eigenvalue weighted by Crippen LogP contribution is -2.50. The fourth-order valence-corrected chi connectivity index (χ4v) is 33.8. The van der Waals surface area contributed by atoms with Gasteiger partial charge in [0.1, 0.15) is 0 Å². The first-order valence-electron chi connectivity index (χ1n) is 49.8. The number of hydrogen-bond acceptors (Lipinski definition) is 2. The van der Waals surface area contributed by atoms with Crippen molar-refractivity contribution in [2.24, 2.45) is 174 Å². The molecule has 0 aromatic heterocycles. The van der Waals surface area contributed by atoms with E-state index in [2.05, 4.69) is 188 Å². The van der Waals surface area contributed by atoms with Crippen LogP contribution < -0.4 is 0 Å². The predicted molar refractivity (Wildman–Crippen MR) is 482 cm³/mol. The van der Waals surface area contributed by atoms with E-state index in [1.54, 1.807) is 16.7 Å². The van der Waals surface area contributed by atoms with Gasteiger partial charge in [0.05, 0.1) is 12.2 Å². The normalized spacial score (nSPS) is 45.6. The Morgan fingerprint density at radius 1 is 0.366 bits per heavy atom. The lowest BCUT2D eigenvalue weighted by atomic mass is 9.46. The van der Waals surface area contributed by atoms with Gasteiger partial charge in [-0.3, -0.25) is 0 Å². The van der Waals surface area contributed by atoms with Crippen molar-refractivity contribution in [3.63, 3.8) is 0 Å². The summed E-state index contributed by atoms with van der Waals surface area (Å²) >= 11 is 0. The Bertz CT molecular complexity index is 3200. The van der Waals surface area contributed by atoms with Crippen LogP contribution in [0.3, 0.4) is 0 Å². The van der Waals surface area contributed by atoms with Crippen LogP contribution in [-0.4, -0.2) is 22.4 Å². The second kappa shape index (κ2) is 35.1. The zero-order valence-corrected chi connectivity index (χ0v) is 77.3. The molecule has 16 unspecified atom stereocenters. The van der Waals surface area contributed by atoms with Gasteiger partial charge in [-0.1, -0.05) is 244 Å². The molecule has 2 nitrogen and oxygen atoms in total. The van der Waals surface area contributed by atoms with Crippen molar-refractivity contribution < 1.29 is 10.2 Å². The molecular weight excluding hydrogens is 1350 g/mol. The van der Waals surface area contributed by atoms with Crippen molar-refractivity contribution in [2.45, 2.75) is 420 Å². The van der Waals surface area contributed by atoms with E-state index < -0.39 is 0 Å². The molecule has 12 saturated carbocycles. The van der Waals surface area contributed by atoms with Crippen LogP contribution >= 0.6 is 0 Å². The molecular formula is C110H180O2. The number of hydrogen-bond donors (Lipinski definition) is 2. The van der Waals surface area contributed by atoms with Gasteiger partial charge in [-0.05, 0) is 432 Å². The molecule has 2 N–H and O–H groups in total. The van der Waals surface area contributed by atoms with Gasteiger partial charge < -0.3 is 10.2 Å². The molecule has 112 heavy (non-hydrogen) atoms. The Morgan fingerprint density at radius 3 is 0.982 bits per heavy atom. The Kier molecular flexibility index (Phi) is 27.5. The minimum atomic E-state index is -0.0928. The van der Waals surface area contributed by atoms with E-state index >= 15 is 0 Å². The Hall–Kier alpha value is -2.16. The summed E-state index contributed by atoms with van der Waals surface area (Å²) in [6.07, 6.45) is 72.2. The van der Waals surface area contributed by atoms with E-state index in [0.717, 1.165) is 162 Å². The third kappa shape index (κ3) is 16.9. The zero-order valence-electron chi connectivity index (χ0n) is 77.3. The molecule has 16 aliphatic carbocycles. The monoisotopic (exact) mass is 1530 g/mol. The van der Waals surface area contributed by atoms with Gasteiger partial charge in [0, 0.05) is 0 Å². The van der Waals surface area contributed by atoms with Crippen LogP contribution in [0.2, 0.25) is 0 Å². The highest BCUT2D eigenvalue weighted by atomic mass is 16.3. The highest BCUT2D eigenvalue weighted by Gasteiger charge is 2.64. The van der Waals surface area contributed by atoms with E-state index in [-0.39, 0.29) is 12.2 Å². The Morgan fingerprint density at radius 2 is 0.661 bits per heavy atom. The van der Waals surface area contributed by atoms with Crippen LogP contribution in [0.4, 0.5) is 0 Å². The summed E-state index contributed by atoms with van der Waals surface area (Å²) in [5.74, 6) is 20.0. The second-order valence-electron chi connectivity index (χ2n) is 47.9. The summed E-state index contributed by atoms with van der Waals surface area (Å²) in [6.45, 7) is 58.8. The molecule has 0 saturated heterocycles. The molecule has 12 fully saturated rings. The highest BCUT2D eigenvalue weighted by Crippen LogP contribution is 2.73. The van der Waals surface area contributed by atoms with E-state index in [0.29, 0.717) is 43.3 Å². The molecule has 30 atom stereocenters. The molecule has 0 amide bonds. The summed E-state index contributed by atoms with van der Waals surface area (Å²) < 4.78 is 0. The van der Waals surface area contributed by atoms with Crippen molar-refractivity contribution >= 4 is 0 Å². The van der Waals surface area contributed by atoms with E-state index in [4.69, 9.17) is 0 Å². The molecule has 632 valence electrons. The first kappa shape index (κ1) is 87.7. The number of allylic oxidation sites excluding steroid dienone is 12. The van der Waals surface area contributed by atoms with Crippen LogP contribution in [0.1, 0.15) is 408 Å². The molecule has 0 heterocycles. The molecule has 0 aromatic rings. The zero-order chi connectivity index (χ0) is 80.4. The molecule has 16 aliphatic rings. The van der Waals surface area contributed by atoms with Crippen LogP contribution in [0.15, 0.2) is 94.2 Å². The number of fused-ring (bicyclic) bond motifs is 20. The van der Waals surface area contributed by atoms with Crippen LogP contribution in [0, 0.1) is 174 Å². The lowest BCUT2D eigenvalue weighted by Gasteiger charge is -2.58. The largest absolute Gasteiger partial charge is 0.393 e. The topological polar surface area (TPSA) is 40.5 Å². The average Bonchev–Trinajstić information content (AvgIpc) is 1.41. The predicted octanol–water partition coefficient (Wildman–Crippen LogP) is 31.8. The van der Waals surface area contributed by atoms with Gasteiger partial charge >= 0.3 is 0 Å². The molecule has 0 aromatic carbocycles. The minimum Gasteiger partial charge on any atom is -0.393 e. The van der Waals surface area contributed by atoms with E-state index in [9.17, 15) is 10.2 Å². The first-order valence-corrected chi connectivity index (χ1v) is 49.8. The molecule has 16 rings (SSSR count). The van der Waals surface area contributed by atoms with Crippen molar-refractivity contribution in [2.75, 3.05) is 0 Å². The molecule has 0 aliphatic heterocycles. The van der Waals surface area contributed by atoms with Gasteiger partial charge in [0.25, 0.3) is 0 Å². The molecule has 2 heteroatoms. The first-order chi connectivity index (χ1) is 53.0. The Labute approximate surface area is 694 Å². The third-order valence-electron chi connectivity index (χ3n) is 40.3. The van der Waals surface area contributed by atoms with Crippen LogP contribution in [-0.2, 0) is 0 Å². The van der Waals surface area contributed by atoms with Gasteiger partial charge in [-0.2, -0.15) is 0 Å². The minimum absolute atomic E-state index is 0.0766. The fourth-order valence-electron chi connectivity index (χ4n) is 33.8.